The summed E-state index contributed by atoms with van der Waals surface area (Å²) in [5, 5.41) is 0. The van der Waals surface area contributed by atoms with E-state index >= 15 is 0 Å². The fourth-order valence-corrected chi connectivity index (χ4v) is 4.96. The van der Waals surface area contributed by atoms with Gasteiger partial charge in [0.1, 0.15) is 17.1 Å². The molecule has 4 heterocycles. The number of carbonyl (C=O) groups excluding carboxylic acids is 2. The van der Waals surface area contributed by atoms with Crippen molar-refractivity contribution in [3.63, 3.8) is 0 Å². The number of rotatable bonds is 4. The number of morpholine rings is 1. The van der Waals surface area contributed by atoms with Crippen molar-refractivity contribution in [2.24, 2.45) is 4.99 Å². The predicted molar refractivity (Wildman–Crippen MR) is 123 cm³/mol. The summed E-state index contributed by atoms with van der Waals surface area (Å²) in [6.07, 6.45) is 0. The standard InChI is InChI=1S/C24H31N6O3/c1-15-6-7-16(2)19(14-15)29-17(3)18(4)30-20-21(25-23(29)30)26(5)24(32)28(22(20)31)9-8-27-10-12-33-13-11-27/h6-7,14,20H,8-13H2,1-5H3/q+1. The van der Waals surface area contributed by atoms with Gasteiger partial charge in [0.05, 0.1) is 13.2 Å². The van der Waals surface area contributed by atoms with Crippen molar-refractivity contribution >= 4 is 23.7 Å². The van der Waals surface area contributed by atoms with Gasteiger partial charge in [-0.2, -0.15) is 4.57 Å². The van der Waals surface area contributed by atoms with Crippen LogP contribution in [0.2, 0.25) is 0 Å². The van der Waals surface area contributed by atoms with Gasteiger partial charge in [-0.1, -0.05) is 17.1 Å². The van der Waals surface area contributed by atoms with Gasteiger partial charge in [0.25, 0.3) is 5.91 Å². The van der Waals surface area contributed by atoms with E-state index in [1.54, 1.807) is 7.05 Å². The summed E-state index contributed by atoms with van der Waals surface area (Å²) in [5.41, 5.74) is 5.33. The molecule has 3 amide bonds. The van der Waals surface area contributed by atoms with E-state index in [9.17, 15) is 9.59 Å². The zero-order chi connectivity index (χ0) is 23.4. The number of ether oxygens (including phenoxy) is 1. The molecule has 1 unspecified atom stereocenters. The van der Waals surface area contributed by atoms with E-state index in [1.165, 1.54) is 9.80 Å². The third-order valence-corrected chi connectivity index (χ3v) is 7.06. The van der Waals surface area contributed by atoms with Crippen LogP contribution in [0, 0.1) is 27.7 Å². The van der Waals surface area contributed by atoms with Crippen molar-refractivity contribution in [1.82, 2.24) is 19.3 Å². The van der Waals surface area contributed by atoms with Crippen LogP contribution in [0.5, 0.6) is 0 Å². The van der Waals surface area contributed by atoms with Crippen molar-refractivity contribution in [3.8, 4) is 5.69 Å². The Morgan fingerprint density at radius 1 is 1.09 bits per heavy atom. The Hall–Kier alpha value is -3.04. The van der Waals surface area contributed by atoms with E-state index in [4.69, 9.17) is 9.73 Å². The maximum atomic E-state index is 13.7. The molecule has 33 heavy (non-hydrogen) atoms. The van der Waals surface area contributed by atoms with E-state index in [-0.39, 0.29) is 11.9 Å². The number of fused-ring (bicyclic) bond motifs is 3. The van der Waals surface area contributed by atoms with Crippen molar-refractivity contribution in [2.75, 3.05) is 46.4 Å². The van der Waals surface area contributed by atoms with Crippen molar-refractivity contribution < 1.29 is 18.9 Å². The molecule has 0 N–H and O–H groups in total. The highest BCUT2D eigenvalue weighted by molar-refractivity contribution is 6.19. The fourth-order valence-electron chi connectivity index (χ4n) is 4.96. The van der Waals surface area contributed by atoms with E-state index < -0.39 is 6.04 Å². The molecular weight excluding hydrogens is 420 g/mol. The molecule has 1 aromatic carbocycles. The Labute approximate surface area is 193 Å². The van der Waals surface area contributed by atoms with E-state index in [2.05, 4.69) is 48.4 Å². The molecule has 5 rings (SSSR count). The highest BCUT2D eigenvalue weighted by Gasteiger charge is 2.54. The van der Waals surface area contributed by atoms with Gasteiger partial charge in [0.2, 0.25) is 11.9 Å². The molecular formula is C24H31N6O3+. The highest BCUT2D eigenvalue weighted by Crippen LogP contribution is 2.34. The van der Waals surface area contributed by atoms with Crippen LogP contribution >= 0.6 is 0 Å². The molecule has 1 aromatic heterocycles. The van der Waals surface area contributed by atoms with Gasteiger partial charge in [0.15, 0.2) is 0 Å². The lowest BCUT2D eigenvalue weighted by molar-refractivity contribution is -0.682. The van der Waals surface area contributed by atoms with Crippen molar-refractivity contribution in [3.05, 3.63) is 40.7 Å². The minimum Gasteiger partial charge on any atom is -0.379 e. The Morgan fingerprint density at radius 2 is 1.82 bits per heavy atom. The van der Waals surface area contributed by atoms with Crippen molar-refractivity contribution in [1.29, 1.82) is 0 Å². The van der Waals surface area contributed by atoms with Crippen molar-refractivity contribution in [2.45, 2.75) is 33.7 Å². The summed E-state index contributed by atoms with van der Waals surface area (Å²) in [5.74, 6) is 0.960. The Morgan fingerprint density at radius 3 is 2.55 bits per heavy atom. The van der Waals surface area contributed by atoms with Crippen LogP contribution < -0.4 is 4.57 Å². The number of carbonyl (C=O) groups is 2. The van der Waals surface area contributed by atoms with Gasteiger partial charge in [-0.05, 0) is 44.9 Å². The minimum absolute atomic E-state index is 0.213. The third kappa shape index (κ3) is 3.38. The van der Waals surface area contributed by atoms with Crippen LogP contribution in [-0.2, 0) is 9.53 Å². The van der Waals surface area contributed by atoms with Crippen LogP contribution in [-0.4, -0.2) is 83.5 Å². The monoisotopic (exact) mass is 451 g/mol. The Balaban J connectivity index is 1.53. The molecule has 1 atom stereocenters. The third-order valence-electron chi connectivity index (χ3n) is 7.06. The summed E-state index contributed by atoms with van der Waals surface area (Å²) in [6.45, 7) is 12.2. The molecule has 174 valence electrons. The number of aliphatic imine (C=N–C) groups is 1. The predicted octanol–water partition coefficient (Wildman–Crippen LogP) is 1.81. The van der Waals surface area contributed by atoms with Crippen LogP contribution in [0.4, 0.5) is 10.7 Å². The number of amides is 3. The number of imide groups is 1. The number of hydrogen-bond donors (Lipinski definition) is 0. The number of amidine groups is 1. The second kappa shape index (κ2) is 8.07. The molecule has 9 heteroatoms. The van der Waals surface area contributed by atoms with Gasteiger partial charge < -0.3 is 4.74 Å². The molecule has 0 radical (unpaired) electrons. The number of hydrogen-bond acceptors (Lipinski definition) is 5. The first kappa shape index (κ1) is 21.8. The van der Waals surface area contributed by atoms with Crippen LogP contribution in [0.25, 0.3) is 5.69 Å². The summed E-state index contributed by atoms with van der Waals surface area (Å²) in [7, 11) is 1.71. The molecule has 0 saturated carbocycles. The maximum absolute atomic E-state index is 13.7. The molecule has 9 nitrogen and oxygen atoms in total. The number of nitrogens with zero attached hydrogens (tertiary/aromatic N) is 6. The lowest BCUT2D eigenvalue weighted by atomic mass is 10.1. The first-order valence-corrected chi connectivity index (χ1v) is 11.5. The van der Waals surface area contributed by atoms with Crippen LogP contribution in [0.1, 0.15) is 28.6 Å². The molecule has 3 aliphatic heterocycles. The molecule has 0 spiro atoms. The van der Waals surface area contributed by atoms with Gasteiger partial charge in [-0.25, -0.2) is 9.36 Å². The minimum atomic E-state index is -0.627. The largest absolute Gasteiger partial charge is 0.407 e. The smallest absolute Gasteiger partial charge is 0.379 e. The molecule has 2 saturated heterocycles. The number of likely N-dealkylation sites (N-methyl/N-ethyl adjacent to an activating group) is 1. The maximum Gasteiger partial charge on any atom is 0.407 e. The zero-order valence-electron chi connectivity index (χ0n) is 20.0. The molecule has 3 aliphatic rings. The normalized spacial score (nSPS) is 20.9. The van der Waals surface area contributed by atoms with E-state index in [1.807, 2.05) is 11.5 Å². The van der Waals surface area contributed by atoms with Gasteiger partial charge in [0, 0.05) is 33.2 Å². The molecule has 0 bridgehead atoms. The average molecular weight is 452 g/mol. The average Bonchev–Trinajstić information content (AvgIpc) is 3.30. The first-order chi connectivity index (χ1) is 15.8. The zero-order valence-corrected chi connectivity index (χ0v) is 20.0. The number of benzene rings is 1. The second-order valence-corrected chi connectivity index (χ2v) is 9.12. The summed E-state index contributed by atoms with van der Waals surface area (Å²) >= 11 is 0. The molecule has 0 aliphatic carbocycles. The first-order valence-electron chi connectivity index (χ1n) is 11.5. The SMILES string of the molecule is Cc1ccc(C)c(-n2c(C)c(C)[n+]3c2N=C2C3C(=O)N(CCN3CCOCC3)C(=O)N2C)c1. The van der Waals surface area contributed by atoms with E-state index in [0.29, 0.717) is 38.1 Å². The molecule has 2 aromatic rings. The Kier molecular flexibility index (Phi) is 5.33. The fraction of sp³-hybridized carbons (Fsp3) is 0.500. The summed E-state index contributed by atoms with van der Waals surface area (Å²) in [4.78, 5) is 36.8. The Bertz CT molecular complexity index is 1180. The highest BCUT2D eigenvalue weighted by atomic mass is 16.5. The summed E-state index contributed by atoms with van der Waals surface area (Å²) in [6, 6.07) is 5.38. The second-order valence-electron chi connectivity index (χ2n) is 9.12. The van der Waals surface area contributed by atoms with Gasteiger partial charge in [-0.3, -0.25) is 19.5 Å². The van der Waals surface area contributed by atoms with Gasteiger partial charge in [-0.15, -0.1) is 0 Å². The van der Waals surface area contributed by atoms with E-state index in [0.717, 1.165) is 41.3 Å². The number of imidazole rings is 1. The summed E-state index contributed by atoms with van der Waals surface area (Å²) < 4.78 is 9.50. The van der Waals surface area contributed by atoms with Gasteiger partial charge >= 0.3 is 12.0 Å². The lowest BCUT2D eigenvalue weighted by Gasteiger charge is -2.35. The number of urea groups is 1. The van der Waals surface area contributed by atoms with Crippen LogP contribution in [0.3, 0.4) is 0 Å². The number of aryl methyl sites for hydroxylation is 2. The quantitative estimate of drug-likeness (QED) is 0.665. The molecule has 2 fully saturated rings. The van der Waals surface area contributed by atoms with Crippen LogP contribution in [0.15, 0.2) is 23.2 Å². The lowest BCUT2D eigenvalue weighted by Crippen LogP contribution is -2.64. The topological polar surface area (TPSA) is 74.3 Å². The number of aromatic nitrogens is 2.